The van der Waals surface area contributed by atoms with E-state index in [0.717, 1.165) is 29.3 Å². The van der Waals surface area contributed by atoms with Crippen molar-refractivity contribution >= 4 is 28.6 Å². The van der Waals surface area contributed by atoms with Gasteiger partial charge in [0.15, 0.2) is 0 Å². The summed E-state index contributed by atoms with van der Waals surface area (Å²) in [6, 6.07) is 3.65. The van der Waals surface area contributed by atoms with E-state index in [9.17, 15) is 9.90 Å². The summed E-state index contributed by atoms with van der Waals surface area (Å²) in [5, 5.41) is 19.8. The van der Waals surface area contributed by atoms with Crippen LogP contribution in [0.4, 0.5) is 4.79 Å². The second kappa shape index (κ2) is 7.56. The Hall–Kier alpha value is -1.79. The van der Waals surface area contributed by atoms with Crippen LogP contribution in [0.2, 0.25) is 5.02 Å². The number of carbonyl (C=O) groups is 1. The third kappa shape index (κ3) is 4.28. The second-order valence-corrected chi connectivity index (χ2v) is 9.73. The van der Waals surface area contributed by atoms with Gasteiger partial charge in [-0.05, 0) is 57.1 Å². The Balaban J connectivity index is 1.73. The van der Waals surface area contributed by atoms with Crippen molar-refractivity contribution in [2.75, 3.05) is 13.1 Å². The zero-order valence-electron chi connectivity index (χ0n) is 17.3. The number of aliphatic hydroxyl groups excluding tert-OH is 1. The van der Waals surface area contributed by atoms with Crippen LogP contribution in [0.15, 0.2) is 18.3 Å². The summed E-state index contributed by atoms with van der Waals surface area (Å²) in [6.45, 7) is 11.0. The highest BCUT2D eigenvalue weighted by atomic mass is 35.5. The van der Waals surface area contributed by atoms with Crippen LogP contribution < -0.4 is 0 Å². The number of likely N-dealkylation sites (tertiary alicyclic amines) is 1. The molecule has 1 atom stereocenters. The lowest BCUT2D eigenvalue weighted by atomic mass is 9.68. The fourth-order valence-corrected chi connectivity index (χ4v) is 4.25. The Morgan fingerprint density at radius 2 is 1.93 bits per heavy atom. The largest absolute Gasteiger partial charge is 0.444 e. The normalized spacial score (nSPS) is 17.8. The molecule has 1 fully saturated rings. The molecule has 0 saturated carbocycles. The second-order valence-electron chi connectivity index (χ2n) is 9.29. The van der Waals surface area contributed by atoms with E-state index in [4.69, 9.17) is 16.3 Å². The number of piperidine rings is 1. The number of hydrogen-bond donors (Lipinski definition) is 2. The van der Waals surface area contributed by atoms with Crippen molar-refractivity contribution in [3.05, 3.63) is 28.9 Å². The Morgan fingerprint density at radius 3 is 2.54 bits per heavy atom. The van der Waals surface area contributed by atoms with Gasteiger partial charge in [-0.1, -0.05) is 25.4 Å². The number of amides is 1. The monoisotopic (exact) mass is 407 g/mol. The molecule has 2 N–H and O–H groups in total. The van der Waals surface area contributed by atoms with Crippen molar-refractivity contribution < 1.29 is 14.6 Å². The number of benzene rings is 1. The minimum absolute atomic E-state index is 0.262. The van der Waals surface area contributed by atoms with E-state index in [1.807, 2.05) is 32.9 Å². The van der Waals surface area contributed by atoms with Crippen molar-refractivity contribution in [2.45, 2.75) is 59.2 Å². The maximum atomic E-state index is 12.3. The number of aliphatic hydroxyl groups is 1. The van der Waals surface area contributed by atoms with E-state index in [0.29, 0.717) is 18.1 Å². The number of rotatable bonds is 3. The number of ether oxygens (including phenoxy) is 1. The third-order valence-corrected chi connectivity index (χ3v) is 5.96. The Morgan fingerprint density at radius 1 is 1.29 bits per heavy atom. The van der Waals surface area contributed by atoms with E-state index in [-0.39, 0.29) is 17.4 Å². The number of H-pyrrole nitrogens is 1. The third-order valence-electron chi connectivity index (χ3n) is 5.74. The van der Waals surface area contributed by atoms with E-state index in [1.165, 1.54) is 0 Å². The molecule has 2 heterocycles. The minimum Gasteiger partial charge on any atom is -0.444 e. The van der Waals surface area contributed by atoms with Gasteiger partial charge in [-0.3, -0.25) is 5.10 Å². The Kier molecular flexibility index (Phi) is 5.65. The summed E-state index contributed by atoms with van der Waals surface area (Å²) >= 11 is 6.26. The van der Waals surface area contributed by atoms with E-state index in [2.05, 4.69) is 24.0 Å². The lowest BCUT2D eigenvalue weighted by Crippen LogP contribution is -2.45. The fraction of sp³-hybridized carbons (Fsp3) is 0.619. The summed E-state index contributed by atoms with van der Waals surface area (Å²) in [5.41, 5.74) is 0.699. The molecule has 0 radical (unpaired) electrons. The molecule has 1 unspecified atom stereocenters. The molecule has 3 rings (SSSR count). The molecule has 1 aromatic heterocycles. The average molecular weight is 408 g/mol. The molecule has 7 heteroatoms. The zero-order chi connectivity index (χ0) is 20.7. The summed E-state index contributed by atoms with van der Waals surface area (Å²) in [5.74, 6) is 0.262. The summed E-state index contributed by atoms with van der Waals surface area (Å²) < 4.78 is 5.48. The van der Waals surface area contributed by atoms with Gasteiger partial charge in [-0.25, -0.2) is 4.79 Å². The van der Waals surface area contributed by atoms with Crippen molar-refractivity contribution in [3.63, 3.8) is 0 Å². The van der Waals surface area contributed by atoms with Gasteiger partial charge in [-0.15, -0.1) is 0 Å². The molecule has 2 aromatic rings. The van der Waals surface area contributed by atoms with Crippen LogP contribution in [-0.2, 0) is 4.74 Å². The molecule has 1 amide bonds. The number of nitrogens with zero attached hydrogens (tertiary/aromatic N) is 2. The molecular weight excluding hydrogens is 378 g/mol. The van der Waals surface area contributed by atoms with Gasteiger partial charge in [0.25, 0.3) is 0 Å². The van der Waals surface area contributed by atoms with Gasteiger partial charge >= 0.3 is 6.09 Å². The summed E-state index contributed by atoms with van der Waals surface area (Å²) in [7, 11) is 0. The molecule has 0 spiro atoms. The molecule has 1 aliphatic heterocycles. The Bertz CT molecular complexity index is 848. The quantitative estimate of drug-likeness (QED) is 0.756. The predicted octanol–water partition coefficient (Wildman–Crippen LogP) is 4.92. The predicted molar refractivity (Wildman–Crippen MR) is 110 cm³/mol. The van der Waals surface area contributed by atoms with Crippen LogP contribution in [0.5, 0.6) is 0 Å². The molecule has 6 nitrogen and oxygen atoms in total. The number of halogens is 1. The van der Waals surface area contributed by atoms with Crippen molar-refractivity contribution in [3.8, 4) is 0 Å². The van der Waals surface area contributed by atoms with E-state index in [1.54, 1.807) is 11.1 Å². The summed E-state index contributed by atoms with van der Waals surface area (Å²) in [4.78, 5) is 14.1. The highest BCUT2D eigenvalue weighted by Gasteiger charge is 2.40. The van der Waals surface area contributed by atoms with Crippen LogP contribution in [0.3, 0.4) is 0 Å². The fourth-order valence-electron chi connectivity index (χ4n) is 4.02. The van der Waals surface area contributed by atoms with Crippen LogP contribution in [0, 0.1) is 11.3 Å². The van der Waals surface area contributed by atoms with E-state index >= 15 is 0 Å². The van der Waals surface area contributed by atoms with Crippen molar-refractivity contribution in [2.24, 2.45) is 11.3 Å². The smallest absolute Gasteiger partial charge is 0.410 e. The number of carbonyl (C=O) groups excluding carboxylic acids is 1. The maximum Gasteiger partial charge on any atom is 0.410 e. The topological polar surface area (TPSA) is 78.4 Å². The van der Waals surface area contributed by atoms with Crippen molar-refractivity contribution in [1.29, 1.82) is 0 Å². The van der Waals surface area contributed by atoms with Gasteiger partial charge < -0.3 is 14.7 Å². The Labute approximate surface area is 171 Å². The van der Waals surface area contributed by atoms with Crippen molar-refractivity contribution in [1.82, 2.24) is 15.1 Å². The highest BCUT2D eigenvalue weighted by molar-refractivity contribution is 6.31. The first-order valence-corrected chi connectivity index (χ1v) is 10.2. The number of hydrogen-bond acceptors (Lipinski definition) is 4. The van der Waals surface area contributed by atoms with Gasteiger partial charge in [0.1, 0.15) is 5.60 Å². The SMILES string of the molecule is CC(C)(C)OC(=O)N1CCC(C(C)(C)C(O)c2cc(Cl)cc3cn[nH]c23)CC1. The molecule has 1 aromatic carbocycles. The molecular formula is C21H30ClN3O3. The molecule has 154 valence electrons. The van der Waals surface area contributed by atoms with Gasteiger partial charge in [-0.2, -0.15) is 5.10 Å². The van der Waals surface area contributed by atoms with Crippen LogP contribution >= 0.6 is 11.6 Å². The standard InChI is InChI=1S/C21H30ClN3O3/c1-20(2,3)28-19(27)25-8-6-14(7-9-25)21(4,5)18(26)16-11-15(22)10-13-12-23-24-17(13)16/h10-12,14,18,26H,6-9H2,1-5H3,(H,23,24). The molecule has 1 saturated heterocycles. The van der Waals surface area contributed by atoms with Crippen LogP contribution in [-0.4, -0.2) is 45.0 Å². The lowest BCUT2D eigenvalue weighted by molar-refractivity contribution is -0.0254. The zero-order valence-corrected chi connectivity index (χ0v) is 18.0. The summed E-state index contributed by atoms with van der Waals surface area (Å²) in [6.07, 6.45) is 2.38. The lowest BCUT2D eigenvalue weighted by Gasteiger charge is -2.43. The molecule has 28 heavy (non-hydrogen) atoms. The first kappa shape index (κ1) is 20.9. The van der Waals surface area contributed by atoms with Gasteiger partial charge in [0.05, 0.1) is 17.8 Å². The minimum atomic E-state index is -0.702. The number of aromatic amines is 1. The first-order chi connectivity index (χ1) is 13.0. The molecule has 0 bridgehead atoms. The number of fused-ring (bicyclic) bond motifs is 1. The average Bonchev–Trinajstić information content (AvgIpc) is 3.07. The van der Waals surface area contributed by atoms with Crippen LogP contribution in [0.1, 0.15) is 59.1 Å². The van der Waals surface area contributed by atoms with Crippen LogP contribution in [0.25, 0.3) is 10.9 Å². The van der Waals surface area contributed by atoms with E-state index < -0.39 is 11.7 Å². The number of nitrogens with one attached hydrogen (secondary N) is 1. The molecule has 0 aliphatic carbocycles. The maximum absolute atomic E-state index is 12.3. The number of aromatic nitrogens is 2. The van der Waals surface area contributed by atoms with Gasteiger partial charge in [0, 0.05) is 29.1 Å². The first-order valence-electron chi connectivity index (χ1n) is 9.77. The highest BCUT2D eigenvalue weighted by Crippen LogP contribution is 2.46. The molecule has 1 aliphatic rings. The van der Waals surface area contributed by atoms with Gasteiger partial charge in [0.2, 0.25) is 0 Å².